The summed E-state index contributed by atoms with van der Waals surface area (Å²) in [6, 6.07) is 11.3. The van der Waals surface area contributed by atoms with Gasteiger partial charge in [0.1, 0.15) is 19.0 Å². The van der Waals surface area contributed by atoms with Gasteiger partial charge < -0.3 is 4.74 Å². The van der Waals surface area contributed by atoms with Gasteiger partial charge in [-0.05, 0) is 11.5 Å². The zero-order valence-corrected chi connectivity index (χ0v) is 17.8. The first kappa shape index (κ1) is 27.9. The van der Waals surface area contributed by atoms with E-state index in [0.29, 0.717) is 10.8 Å². The van der Waals surface area contributed by atoms with E-state index >= 15 is 0 Å². The minimum Gasteiger partial charge on any atom is -0.490 e. The zero-order chi connectivity index (χ0) is 26.2. The summed E-state index contributed by atoms with van der Waals surface area (Å²) in [6.45, 7) is -1.78. The summed E-state index contributed by atoms with van der Waals surface area (Å²) in [4.78, 5) is 0. The van der Waals surface area contributed by atoms with E-state index in [4.69, 9.17) is 4.74 Å². The van der Waals surface area contributed by atoms with E-state index in [1.807, 2.05) is 0 Å². The Morgan fingerprint density at radius 3 is 1.88 bits per heavy atom. The molecular formula is C16H12F9NO6S2. The molecule has 2 aromatic rings. The van der Waals surface area contributed by atoms with Crippen molar-refractivity contribution in [3.63, 3.8) is 0 Å². The van der Waals surface area contributed by atoms with Crippen molar-refractivity contribution >= 4 is 31.1 Å². The van der Waals surface area contributed by atoms with Crippen LogP contribution >= 0.6 is 0 Å². The summed E-state index contributed by atoms with van der Waals surface area (Å²) in [5.41, 5.74) is 0. The Morgan fingerprint density at radius 2 is 1.29 bits per heavy atom. The largest absolute Gasteiger partial charge is 0.490 e. The number of nitrogens with one attached hydrogen (secondary N) is 1. The van der Waals surface area contributed by atoms with E-state index in [0.717, 1.165) is 0 Å². The molecule has 0 atom stereocenters. The molecule has 0 aliphatic heterocycles. The number of alkyl halides is 9. The van der Waals surface area contributed by atoms with E-state index in [2.05, 4.69) is 4.18 Å². The van der Waals surface area contributed by atoms with Gasteiger partial charge in [0.2, 0.25) is 0 Å². The summed E-state index contributed by atoms with van der Waals surface area (Å²) in [5.74, 6) is -15.0. The van der Waals surface area contributed by atoms with Gasteiger partial charge in [-0.15, -0.1) is 0 Å². The highest BCUT2D eigenvalue weighted by atomic mass is 32.3. The first-order valence-corrected chi connectivity index (χ1v) is 11.4. The lowest BCUT2D eigenvalue weighted by Crippen LogP contribution is -2.65. The first-order chi connectivity index (χ1) is 15.3. The number of sulfonamides is 1. The number of fused-ring (bicyclic) bond motifs is 1. The topological polar surface area (TPSA) is 98.8 Å². The number of halogens is 9. The van der Waals surface area contributed by atoms with E-state index in [-0.39, 0.29) is 9.88 Å². The van der Waals surface area contributed by atoms with Gasteiger partial charge in [0, 0.05) is 5.39 Å². The first-order valence-electron chi connectivity index (χ1n) is 8.50. The van der Waals surface area contributed by atoms with Gasteiger partial charge in [-0.3, -0.25) is 4.18 Å². The van der Waals surface area contributed by atoms with Crippen LogP contribution in [0.2, 0.25) is 0 Å². The van der Waals surface area contributed by atoms with Crippen molar-refractivity contribution in [3.05, 3.63) is 42.5 Å². The van der Waals surface area contributed by atoms with Gasteiger partial charge in [0.15, 0.2) is 0 Å². The van der Waals surface area contributed by atoms with E-state index in [1.54, 1.807) is 36.4 Å². The molecule has 0 aliphatic carbocycles. The molecule has 0 heterocycles. The maximum atomic E-state index is 13.6. The second-order valence-electron chi connectivity index (χ2n) is 6.35. The molecule has 0 fully saturated rings. The molecule has 0 saturated carbocycles. The monoisotopic (exact) mass is 549 g/mol. The van der Waals surface area contributed by atoms with Gasteiger partial charge in [0.25, 0.3) is 10.0 Å². The highest BCUT2D eigenvalue weighted by Crippen LogP contribution is 2.54. The lowest BCUT2D eigenvalue weighted by atomic mass is 10.1. The van der Waals surface area contributed by atoms with Gasteiger partial charge in [-0.1, -0.05) is 40.5 Å². The molecule has 7 nitrogen and oxygen atoms in total. The average molecular weight is 549 g/mol. The Morgan fingerprint density at radius 1 is 0.735 bits per heavy atom. The van der Waals surface area contributed by atoms with Crippen molar-refractivity contribution < 1.29 is 65.3 Å². The van der Waals surface area contributed by atoms with Crippen LogP contribution in [0.3, 0.4) is 0 Å². The Bertz CT molecular complexity index is 1240. The Balaban J connectivity index is 2.11. The molecule has 0 bridgehead atoms. The summed E-state index contributed by atoms with van der Waals surface area (Å²) >= 11 is 0. The molecule has 0 unspecified atom stereocenters. The van der Waals surface area contributed by atoms with Crippen molar-refractivity contribution in [1.29, 1.82) is 0 Å². The van der Waals surface area contributed by atoms with E-state index in [1.165, 1.54) is 6.07 Å². The van der Waals surface area contributed by atoms with Crippen LogP contribution in [0.25, 0.3) is 10.8 Å². The molecule has 34 heavy (non-hydrogen) atoms. The number of rotatable bonds is 10. The lowest BCUT2D eigenvalue weighted by Gasteiger charge is -2.32. The minimum absolute atomic E-state index is 0.133. The van der Waals surface area contributed by atoms with E-state index in [9.17, 15) is 56.3 Å². The van der Waals surface area contributed by atoms with Gasteiger partial charge in [-0.25, -0.2) is 8.42 Å². The molecule has 192 valence electrons. The molecule has 0 radical (unpaired) electrons. The quantitative estimate of drug-likeness (QED) is 0.358. The summed E-state index contributed by atoms with van der Waals surface area (Å²) in [7, 11) is -13.3. The second-order valence-corrected chi connectivity index (χ2v) is 9.68. The number of ether oxygens (including phenoxy) is 1. The smallest absolute Gasteiger partial charge is 0.460 e. The normalized spacial score (nSPS) is 14.4. The predicted molar refractivity (Wildman–Crippen MR) is 97.3 cm³/mol. The van der Waals surface area contributed by atoms with Crippen molar-refractivity contribution in [1.82, 2.24) is 4.13 Å². The van der Waals surface area contributed by atoms with Crippen LogP contribution in [0, 0.1) is 0 Å². The van der Waals surface area contributed by atoms with Crippen LogP contribution in [0.15, 0.2) is 42.5 Å². The van der Waals surface area contributed by atoms with Gasteiger partial charge in [0.05, 0.1) is 0 Å². The molecule has 0 saturated heterocycles. The average Bonchev–Trinajstić information content (AvgIpc) is 2.69. The third-order valence-electron chi connectivity index (χ3n) is 3.99. The lowest BCUT2D eigenvalue weighted by molar-refractivity contribution is -0.382. The van der Waals surface area contributed by atoms with Gasteiger partial charge >= 0.3 is 33.6 Å². The second kappa shape index (κ2) is 9.04. The molecule has 1 N–H and O–H groups in total. The Kier molecular flexibility index (Phi) is 7.43. The molecular weight excluding hydrogens is 537 g/mol. The van der Waals surface area contributed by atoms with Crippen molar-refractivity contribution in [2.24, 2.45) is 0 Å². The maximum Gasteiger partial charge on any atom is 0.460 e. The third kappa shape index (κ3) is 5.18. The number of hydrogen-bond acceptors (Lipinski definition) is 6. The fraction of sp³-hybridized carbons (Fsp3) is 0.375. The fourth-order valence-electron chi connectivity index (χ4n) is 2.36. The highest BCUT2D eigenvalue weighted by Gasteiger charge is 2.85. The summed E-state index contributed by atoms with van der Waals surface area (Å²) in [6.07, 6.45) is -7.30. The van der Waals surface area contributed by atoms with E-state index < -0.39 is 56.8 Å². The maximum absolute atomic E-state index is 13.6. The van der Waals surface area contributed by atoms with Crippen molar-refractivity contribution in [3.8, 4) is 5.75 Å². The molecule has 0 aliphatic rings. The number of hydrogen-bond donors (Lipinski definition) is 1. The van der Waals surface area contributed by atoms with Crippen LogP contribution in [0.5, 0.6) is 5.75 Å². The molecule has 18 heteroatoms. The van der Waals surface area contributed by atoms with Crippen LogP contribution in [-0.2, 0) is 24.5 Å². The van der Waals surface area contributed by atoms with Gasteiger partial charge in [-0.2, -0.15) is 47.9 Å². The summed E-state index contributed by atoms with van der Waals surface area (Å²) in [5, 5.41) is -6.00. The Hall–Kier alpha value is -2.31. The molecule has 2 aromatic carbocycles. The van der Waals surface area contributed by atoms with Crippen LogP contribution in [0.1, 0.15) is 0 Å². The summed E-state index contributed by atoms with van der Waals surface area (Å²) < 4.78 is 170. The molecule has 0 spiro atoms. The van der Waals surface area contributed by atoms with Crippen molar-refractivity contribution in [2.75, 3.05) is 13.2 Å². The molecule has 0 amide bonds. The third-order valence-corrected chi connectivity index (χ3v) is 7.10. The van der Waals surface area contributed by atoms with Crippen molar-refractivity contribution in [2.45, 2.75) is 23.3 Å². The number of benzene rings is 2. The fourth-order valence-corrected chi connectivity index (χ4v) is 4.80. The highest BCUT2D eigenvalue weighted by molar-refractivity contribution is 8.03. The Labute approximate surface area is 185 Å². The van der Waals surface area contributed by atoms with Crippen LogP contribution < -0.4 is 8.86 Å². The predicted octanol–water partition coefficient (Wildman–Crippen LogP) is 3.83. The standard InChI is InChI=1S/C16H12F9NO6S2/c17-13(18,15(21,22)23)14(19,20)16(24,25)33(27,28)26-34(29,30)32-9-8-31-12-7-3-5-10-4-1-2-6-11(10)12/h1-7,26H,8-9H2. The SMILES string of the molecule is O=S(=O)(NS(=O)(=O)C(F)(F)C(F)(F)C(F)(F)C(F)(F)F)OCCOc1cccc2ccccc12. The zero-order valence-electron chi connectivity index (χ0n) is 16.1. The molecule has 2 rings (SSSR count). The van der Waals surface area contributed by atoms with Crippen LogP contribution in [-0.4, -0.2) is 53.3 Å². The van der Waals surface area contributed by atoms with Crippen LogP contribution in [0.4, 0.5) is 39.5 Å². The minimum atomic E-state index is -7.60. The molecule has 0 aromatic heterocycles.